The number of thioether (sulfide) groups is 1. The predicted octanol–water partition coefficient (Wildman–Crippen LogP) is 0.0893. The molecule has 1 aromatic heterocycles. The monoisotopic (exact) mass is 283 g/mol. The molecule has 2 heterocycles. The van der Waals surface area contributed by atoms with E-state index in [0.29, 0.717) is 23.6 Å². The van der Waals surface area contributed by atoms with Gasteiger partial charge in [-0.25, -0.2) is 0 Å². The van der Waals surface area contributed by atoms with Gasteiger partial charge in [0, 0.05) is 44.7 Å². The lowest BCUT2D eigenvalue weighted by Gasteiger charge is -2.25. The molecule has 1 aromatic rings. The van der Waals surface area contributed by atoms with Crippen molar-refractivity contribution in [1.82, 2.24) is 20.0 Å². The fourth-order valence-electron chi connectivity index (χ4n) is 2.18. The molecule has 0 saturated carbocycles. The average Bonchev–Trinajstić information content (AvgIpc) is 2.64. The third-order valence-corrected chi connectivity index (χ3v) is 4.24. The number of amides is 1. The molecule has 0 aromatic carbocycles. The summed E-state index contributed by atoms with van der Waals surface area (Å²) >= 11 is 1.98. The Balaban J connectivity index is 1.84. The molecule has 0 bridgehead atoms. The molecule has 1 saturated heterocycles. The number of rotatable bonds is 4. The SMILES string of the molecule is Cc1nn(C)c(C(=O)NCCN2CCSCC2)c1N. The Labute approximate surface area is 117 Å². The Bertz CT molecular complexity index is 453. The van der Waals surface area contributed by atoms with Crippen molar-refractivity contribution in [2.75, 3.05) is 43.4 Å². The maximum absolute atomic E-state index is 12.1. The highest BCUT2D eigenvalue weighted by molar-refractivity contribution is 7.99. The minimum absolute atomic E-state index is 0.146. The molecule has 0 radical (unpaired) electrons. The number of carbonyl (C=O) groups is 1. The van der Waals surface area contributed by atoms with Gasteiger partial charge in [0.2, 0.25) is 0 Å². The van der Waals surface area contributed by atoms with Crippen molar-refractivity contribution >= 4 is 23.4 Å². The highest BCUT2D eigenvalue weighted by Crippen LogP contribution is 2.14. The van der Waals surface area contributed by atoms with Gasteiger partial charge in [0.15, 0.2) is 0 Å². The summed E-state index contributed by atoms with van der Waals surface area (Å²) in [5.41, 5.74) is 7.47. The van der Waals surface area contributed by atoms with Crippen molar-refractivity contribution in [3.05, 3.63) is 11.4 Å². The second kappa shape index (κ2) is 6.29. The highest BCUT2D eigenvalue weighted by Gasteiger charge is 2.18. The van der Waals surface area contributed by atoms with E-state index in [1.807, 2.05) is 11.8 Å². The first-order valence-corrected chi connectivity index (χ1v) is 7.62. The summed E-state index contributed by atoms with van der Waals surface area (Å²) in [6.45, 7) is 5.55. The number of anilines is 1. The first-order valence-electron chi connectivity index (χ1n) is 6.47. The number of carbonyl (C=O) groups excluding carboxylic acids is 1. The minimum atomic E-state index is -0.146. The van der Waals surface area contributed by atoms with Crippen molar-refractivity contribution < 1.29 is 4.79 Å². The van der Waals surface area contributed by atoms with Gasteiger partial charge in [-0.15, -0.1) is 0 Å². The van der Waals surface area contributed by atoms with Gasteiger partial charge in [-0.1, -0.05) is 0 Å². The summed E-state index contributed by atoms with van der Waals surface area (Å²) in [6, 6.07) is 0. The summed E-state index contributed by atoms with van der Waals surface area (Å²) in [5, 5.41) is 7.06. The van der Waals surface area contributed by atoms with Crippen LogP contribution in [-0.2, 0) is 7.05 Å². The van der Waals surface area contributed by atoms with Gasteiger partial charge in [0.1, 0.15) is 5.69 Å². The lowest BCUT2D eigenvalue weighted by Crippen LogP contribution is -2.39. The molecule has 7 heteroatoms. The van der Waals surface area contributed by atoms with Gasteiger partial charge in [-0.05, 0) is 6.92 Å². The summed E-state index contributed by atoms with van der Waals surface area (Å²) in [7, 11) is 1.74. The van der Waals surface area contributed by atoms with E-state index < -0.39 is 0 Å². The number of nitrogens with zero attached hydrogens (tertiary/aromatic N) is 3. The van der Waals surface area contributed by atoms with Gasteiger partial charge >= 0.3 is 0 Å². The largest absolute Gasteiger partial charge is 0.395 e. The standard InChI is InChI=1S/C12H21N5OS/c1-9-10(13)11(16(2)15-9)12(18)14-3-4-17-5-7-19-8-6-17/h3-8,13H2,1-2H3,(H,14,18). The van der Waals surface area contributed by atoms with E-state index in [1.165, 1.54) is 16.2 Å². The van der Waals surface area contributed by atoms with Crippen molar-refractivity contribution in [3.63, 3.8) is 0 Å². The smallest absolute Gasteiger partial charge is 0.271 e. The summed E-state index contributed by atoms with van der Waals surface area (Å²) in [6.07, 6.45) is 0. The fourth-order valence-corrected chi connectivity index (χ4v) is 3.16. The van der Waals surface area contributed by atoms with Crippen molar-refractivity contribution in [3.8, 4) is 0 Å². The lowest BCUT2D eigenvalue weighted by molar-refractivity contribution is 0.0940. The Hall–Kier alpha value is -1.21. The van der Waals surface area contributed by atoms with Crippen LogP contribution in [-0.4, -0.2) is 58.3 Å². The molecule has 106 valence electrons. The number of hydrogen-bond acceptors (Lipinski definition) is 5. The number of nitrogen functional groups attached to an aromatic ring is 1. The van der Waals surface area contributed by atoms with E-state index in [2.05, 4.69) is 15.3 Å². The molecule has 0 aliphatic carbocycles. The third-order valence-electron chi connectivity index (χ3n) is 3.30. The van der Waals surface area contributed by atoms with Gasteiger partial charge in [-0.2, -0.15) is 16.9 Å². The lowest BCUT2D eigenvalue weighted by atomic mass is 10.3. The zero-order valence-electron chi connectivity index (χ0n) is 11.5. The van der Waals surface area contributed by atoms with Crippen LogP contribution in [0.1, 0.15) is 16.2 Å². The van der Waals surface area contributed by atoms with E-state index in [9.17, 15) is 4.79 Å². The third kappa shape index (κ3) is 3.42. The zero-order chi connectivity index (χ0) is 13.8. The quantitative estimate of drug-likeness (QED) is 0.819. The maximum Gasteiger partial charge on any atom is 0.271 e. The van der Waals surface area contributed by atoms with Crippen LogP contribution in [0.4, 0.5) is 5.69 Å². The normalized spacial score (nSPS) is 16.5. The number of hydrogen-bond donors (Lipinski definition) is 2. The van der Waals surface area contributed by atoms with Crippen LogP contribution in [0.15, 0.2) is 0 Å². The second-order valence-electron chi connectivity index (χ2n) is 4.68. The molecule has 6 nitrogen and oxygen atoms in total. The van der Waals surface area contributed by atoms with Gasteiger partial charge in [0.25, 0.3) is 5.91 Å². The molecule has 19 heavy (non-hydrogen) atoms. The molecule has 3 N–H and O–H groups in total. The number of aryl methyl sites for hydroxylation is 2. The topological polar surface area (TPSA) is 76.2 Å². The highest BCUT2D eigenvalue weighted by atomic mass is 32.2. The molecule has 1 aliphatic rings. The van der Waals surface area contributed by atoms with Crippen LogP contribution in [0.3, 0.4) is 0 Å². The summed E-state index contributed by atoms with van der Waals surface area (Å²) in [4.78, 5) is 14.4. The van der Waals surface area contributed by atoms with Crippen LogP contribution in [0.2, 0.25) is 0 Å². The van der Waals surface area contributed by atoms with Crippen molar-refractivity contribution in [2.45, 2.75) is 6.92 Å². The van der Waals surface area contributed by atoms with E-state index >= 15 is 0 Å². The number of nitrogens with two attached hydrogens (primary N) is 1. The number of aromatic nitrogens is 2. The van der Waals surface area contributed by atoms with Crippen LogP contribution >= 0.6 is 11.8 Å². The molecule has 2 rings (SSSR count). The molecule has 0 spiro atoms. The van der Waals surface area contributed by atoms with Gasteiger partial charge < -0.3 is 11.1 Å². The molecular weight excluding hydrogens is 262 g/mol. The molecule has 1 fully saturated rings. The molecular formula is C12H21N5OS. The zero-order valence-corrected chi connectivity index (χ0v) is 12.3. The Morgan fingerprint density at radius 3 is 2.74 bits per heavy atom. The Morgan fingerprint density at radius 2 is 2.16 bits per heavy atom. The van der Waals surface area contributed by atoms with Crippen LogP contribution in [0.5, 0.6) is 0 Å². The Morgan fingerprint density at radius 1 is 1.47 bits per heavy atom. The fraction of sp³-hybridized carbons (Fsp3) is 0.667. The van der Waals surface area contributed by atoms with Crippen molar-refractivity contribution in [2.24, 2.45) is 7.05 Å². The number of nitrogens with one attached hydrogen (secondary N) is 1. The first kappa shape index (κ1) is 14.2. The second-order valence-corrected chi connectivity index (χ2v) is 5.91. The van der Waals surface area contributed by atoms with Gasteiger partial charge in [0.05, 0.1) is 11.4 Å². The van der Waals surface area contributed by atoms with Crippen LogP contribution < -0.4 is 11.1 Å². The Kier molecular flexibility index (Phi) is 4.71. The van der Waals surface area contributed by atoms with Crippen LogP contribution in [0.25, 0.3) is 0 Å². The molecule has 1 amide bonds. The molecule has 0 unspecified atom stereocenters. The maximum atomic E-state index is 12.1. The molecule has 1 aliphatic heterocycles. The average molecular weight is 283 g/mol. The predicted molar refractivity (Wildman–Crippen MR) is 78.5 cm³/mol. The van der Waals surface area contributed by atoms with Crippen LogP contribution in [0, 0.1) is 6.92 Å². The summed E-state index contributed by atoms with van der Waals surface area (Å²) in [5.74, 6) is 2.22. The van der Waals surface area contributed by atoms with E-state index in [4.69, 9.17) is 5.73 Å². The molecule has 0 atom stereocenters. The van der Waals surface area contributed by atoms with E-state index in [0.717, 1.165) is 19.6 Å². The summed E-state index contributed by atoms with van der Waals surface area (Å²) < 4.78 is 1.54. The van der Waals surface area contributed by atoms with Gasteiger partial charge in [-0.3, -0.25) is 14.4 Å². The van der Waals surface area contributed by atoms with Crippen molar-refractivity contribution in [1.29, 1.82) is 0 Å². The minimum Gasteiger partial charge on any atom is -0.395 e. The van der Waals surface area contributed by atoms with E-state index in [1.54, 1.807) is 14.0 Å². The first-order chi connectivity index (χ1) is 9.09. The van der Waals surface area contributed by atoms with E-state index in [-0.39, 0.29) is 5.91 Å².